The standard InChI is InChI=1S/C35H33N3O6/c1-35(2,3)44-34(43)38-28-15-9-8-13-24(28)19-29(38)31(39)36-27-17-22-11-5-4-10-21(22)16-26(27)32(40)37-20-25-14-7-6-12-23(25)18-30(37)33(41)42/h4-17,29-30H,18-20H2,1-3H3,(H,36,39)(H,41,42). The number of aliphatic carboxylic acids is 1. The van der Waals surface area contributed by atoms with Crippen LogP contribution in [0.2, 0.25) is 0 Å². The van der Waals surface area contributed by atoms with Gasteiger partial charge < -0.3 is 20.1 Å². The second-order valence-corrected chi connectivity index (χ2v) is 12.2. The molecule has 0 aromatic heterocycles. The minimum absolute atomic E-state index is 0.122. The summed E-state index contributed by atoms with van der Waals surface area (Å²) in [4.78, 5) is 56.7. The Hall–Kier alpha value is -5.18. The molecule has 3 amide bonds. The first kappa shape index (κ1) is 28.9. The van der Waals surface area contributed by atoms with Crippen molar-refractivity contribution in [1.29, 1.82) is 0 Å². The number of carbonyl (C=O) groups excluding carboxylic acids is 3. The largest absolute Gasteiger partial charge is 0.480 e. The molecule has 0 saturated heterocycles. The quantitative estimate of drug-likeness (QED) is 0.310. The molecule has 4 aromatic carbocycles. The summed E-state index contributed by atoms with van der Waals surface area (Å²) in [7, 11) is 0. The molecule has 2 heterocycles. The van der Waals surface area contributed by atoms with Crippen molar-refractivity contribution in [2.24, 2.45) is 0 Å². The van der Waals surface area contributed by atoms with Gasteiger partial charge in [0.05, 0.1) is 16.9 Å². The minimum atomic E-state index is -1.10. The van der Waals surface area contributed by atoms with Crippen molar-refractivity contribution in [3.63, 3.8) is 0 Å². The Labute approximate surface area is 255 Å². The Morgan fingerprint density at radius 3 is 2.07 bits per heavy atom. The highest BCUT2D eigenvalue weighted by Crippen LogP contribution is 2.35. The number of carboxylic acids is 1. The van der Waals surface area contributed by atoms with E-state index in [2.05, 4.69) is 5.32 Å². The van der Waals surface area contributed by atoms with Gasteiger partial charge in [0.15, 0.2) is 0 Å². The molecule has 0 aliphatic carbocycles. The molecule has 9 heteroatoms. The molecular weight excluding hydrogens is 558 g/mol. The number of carbonyl (C=O) groups is 4. The minimum Gasteiger partial charge on any atom is -0.480 e. The average molecular weight is 592 g/mol. The zero-order chi connectivity index (χ0) is 31.2. The van der Waals surface area contributed by atoms with Crippen molar-refractivity contribution in [2.75, 3.05) is 10.2 Å². The zero-order valence-corrected chi connectivity index (χ0v) is 24.7. The molecule has 6 rings (SSSR count). The highest BCUT2D eigenvalue weighted by molar-refractivity contribution is 6.11. The van der Waals surface area contributed by atoms with Gasteiger partial charge in [0.25, 0.3) is 5.91 Å². The lowest BCUT2D eigenvalue weighted by molar-refractivity contribution is -0.142. The molecule has 2 unspecified atom stereocenters. The molecular formula is C35H33N3O6. The van der Waals surface area contributed by atoms with E-state index >= 15 is 0 Å². The van der Waals surface area contributed by atoms with Crippen LogP contribution in [0.5, 0.6) is 0 Å². The van der Waals surface area contributed by atoms with Gasteiger partial charge in [0.1, 0.15) is 17.7 Å². The van der Waals surface area contributed by atoms with Crippen molar-refractivity contribution in [3.8, 4) is 0 Å². The monoisotopic (exact) mass is 591 g/mol. The maximum absolute atomic E-state index is 14.2. The molecule has 224 valence electrons. The van der Waals surface area contributed by atoms with E-state index < -0.39 is 41.6 Å². The van der Waals surface area contributed by atoms with Crippen LogP contribution in [-0.4, -0.2) is 51.6 Å². The summed E-state index contributed by atoms with van der Waals surface area (Å²) in [6.45, 7) is 5.41. The summed E-state index contributed by atoms with van der Waals surface area (Å²) in [6.07, 6.45) is -0.200. The normalized spacial score (nSPS) is 17.5. The van der Waals surface area contributed by atoms with E-state index in [0.717, 1.165) is 27.5 Å². The van der Waals surface area contributed by atoms with Gasteiger partial charge in [-0.05, 0) is 66.4 Å². The molecule has 4 aromatic rings. The lowest BCUT2D eigenvalue weighted by Crippen LogP contribution is -2.49. The third kappa shape index (κ3) is 5.48. The predicted molar refractivity (Wildman–Crippen MR) is 167 cm³/mol. The van der Waals surface area contributed by atoms with E-state index in [-0.39, 0.29) is 30.6 Å². The molecule has 0 fully saturated rings. The molecule has 9 nitrogen and oxygen atoms in total. The van der Waals surface area contributed by atoms with Crippen LogP contribution in [0.3, 0.4) is 0 Å². The summed E-state index contributed by atoms with van der Waals surface area (Å²) < 4.78 is 5.66. The van der Waals surface area contributed by atoms with Crippen LogP contribution >= 0.6 is 0 Å². The fourth-order valence-corrected chi connectivity index (χ4v) is 5.98. The third-order valence-electron chi connectivity index (χ3n) is 8.04. The molecule has 2 aliphatic heterocycles. The second-order valence-electron chi connectivity index (χ2n) is 12.2. The molecule has 2 aliphatic rings. The van der Waals surface area contributed by atoms with Gasteiger partial charge in [-0.2, -0.15) is 0 Å². The number of fused-ring (bicyclic) bond motifs is 3. The van der Waals surface area contributed by atoms with Crippen molar-refractivity contribution in [3.05, 3.63) is 107 Å². The summed E-state index contributed by atoms with van der Waals surface area (Å²) in [5, 5.41) is 14.6. The molecule has 44 heavy (non-hydrogen) atoms. The second kappa shape index (κ2) is 11.1. The van der Waals surface area contributed by atoms with Crippen molar-refractivity contribution < 1.29 is 29.0 Å². The van der Waals surface area contributed by atoms with E-state index in [1.54, 1.807) is 45.0 Å². The predicted octanol–water partition coefficient (Wildman–Crippen LogP) is 5.80. The topological polar surface area (TPSA) is 116 Å². The number of anilines is 2. The zero-order valence-electron chi connectivity index (χ0n) is 24.7. The van der Waals surface area contributed by atoms with E-state index in [4.69, 9.17) is 4.74 Å². The fourth-order valence-electron chi connectivity index (χ4n) is 5.98. The number of ether oxygens (including phenoxy) is 1. The molecule has 0 saturated carbocycles. The third-order valence-corrected chi connectivity index (χ3v) is 8.04. The number of para-hydroxylation sites is 1. The number of hydrogen-bond acceptors (Lipinski definition) is 5. The molecule has 0 bridgehead atoms. The highest BCUT2D eigenvalue weighted by Gasteiger charge is 2.41. The first-order chi connectivity index (χ1) is 21.0. The van der Waals surface area contributed by atoms with Crippen LogP contribution in [0.15, 0.2) is 84.9 Å². The Balaban J connectivity index is 1.37. The smallest absolute Gasteiger partial charge is 0.415 e. The summed E-state index contributed by atoms with van der Waals surface area (Å²) in [6, 6.07) is 23.6. The first-order valence-corrected chi connectivity index (χ1v) is 14.5. The number of hydrogen-bond donors (Lipinski definition) is 2. The van der Waals surface area contributed by atoms with E-state index in [9.17, 15) is 24.3 Å². The van der Waals surface area contributed by atoms with Crippen LogP contribution in [0, 0.1) is 0 Å². The molecule has 0 spiro atoms. The first-order valence-electron chi connectivity index (χ1n) is 14.5. The van der Waals surface area contributed by atoms with Gasteiger partial charge in [-0.1, -0.05) is 66.7 Å². The Morgan fingerprint density at radius 2 is 1.39 bits per heavy atom. The summed E-state index contributed by atoms with van der Waals surface area (Å²) >= 11 is 0. The Kier molecular flexibility index (Phi) is 7.33. The summed E-state index contributed by atoms with van der Waals surface area (Å²) in [5.74, 6) is -2.10. The van der Waals surface area contributed by atoms with Crippen LogP contribution in [0.1, 0.15) is 47.8 Å². The van der Waals surface area contributed by atoms with E-state index in [0.29, 0.717) is 5.69 Å². The van der Waals surface area contributed by atoms with E-state index in [1.807, 2.05) is 60.7 Å². The van der Waals surface area contributed by atoms with Gasteiger partial charge in [0, 0.05) is 19.4 Å². The van der Waals surface area contributed by atoms with Gasteiger partial charge in [-0.15, -0.1) is 0 Å². The lowest BCUT2D eigenvalue weighted by atomic mass is 9.93. The summed E-state index contributed by atoms with van der Waals surface area (Å²) in [5.41, 5.74) is 2.81. The Morgan fingerprint density at radius 1 is 0.795 bits per heavy atom. The maximum Gasteiger partial charge on any atom is 0.415 e. The molecule has 0 radical (unpaired) electrons. The SMILES string of the molecule is CC(C)(C)OC(=O)N1c2ccccc2CC1C(=O)Nc1cc2ccccc2cc1C(=O)N1Cc2ccccc2CC1C(=O)O. The fraction of sp³-hybridized carbons (Fsp3) is 0.257. The van der Waals surface area contributed by atoms with Crippen molar-refractivity contribution in [2.45, 2.75) is 57.8 Å². The number of nitrogens with zero attached hydrogens (tertiary/aromatic N) is 2. The Bertz CT molecular complexity index is 1810. The maximum atomic E-state index is 14.2. The molecule has 2 N–H and O–H groups in total. The number of rotatable bonds is 4. The number of nitrogens with one attached hydrogen (secondary N) is 1. The van der Waals surface area contributed by atoms with Crippen molar-refractivity contribution >= 4 is 46.0 Å². The average Bonchev–Trinajstić information content (AvgIpc) is 3.39. The highest BCUT2D eigenvalue weighted by atomic mass is 16.6. The number of carboxylic acid groups (broad SMARTS) is 1. The van der Waals surface area contributed by atoms with Crippen LogP contribution in [-0.2, 0) is 33.7 Å². The van der Waals surface area contributed by atoms with Gasteiger partial charge in [0.2, 0.25) is 5.91 Å². The van der Waals surface area contributed by atoms with Gasteiger partial charge in [-0.25, -0.2) is 9.59 Å². The number of benzene rings is 4. The van der Waals surface area contributed by atoms with Gasteiger partial charge in [-0.3, -0.25) is 14.5 Å². The van der Waals surface area contributed by atoms with Crippen LogP contribution in [0.4, 0.5) is 16.2 Å². The van der Waals surface area contributed by atoms with Gasteiger partial charge >= 0.3 is 12.1 Å². The number of amides is 3. The van der Waals surface area contributed by atoms with Crippen molar-refractivity contribution in [1.82, 2.24) is 4.90 Å². The molecule has 2 atom stereocenters. The van der Waals surface area contributed by atoms with E-state index in [1.165, 1.54) is 9.80 Å². The van der Waals surface area contributed by atoms with Crippen LogP contribution < -0.4 is 10.2 Å². The van der Waals surface area contributed by atoms with Crippen LogP contribution in [0.25, 0.3) is 10.8 Å². The lowest BCUT2D eigenvalue weighted by Gasteiger charge is -2.35.